The monoisotopic (exact) mass is 577 g/mol. The summed E-state index contributed by atoms with van der Waals surface area (Å²) in [6.45, 7) is 2.94. The number of aliphatic hydroxyl groups is 1. The fraction of sp³-hybridized carbons (Fsp3) is 0.375. The van der Waals surface area contributed by atoms with Gasteiger partial charge in [0.05, 0.1) is 36.3 Å². The van der Waals surface area contributed by atoms with Gasteiger partial charge in [0.15, 0.2) is 5.82 Å². The van der Waals surface area contributed by atoms with Crippen LogP contribution < -0.4 is 4.74 Å². The van der Waals surface area contributed by atoms with Crippen LogP contribution in [0.2, 0.25) is 0 Å². The molecule has 0 atom stereocenters. The second-order valence-electron chi connectivity index (χ2n) is 11.1. The molecule has 1 aliphatic carbocycles. The molecule has 4 aromatic rings. The predicted molar refractivity (Wildman–Crippen MR) is 153 cm³/mol. The third-order valence-electron chi connectivity index (χ3n) is 8.18. The van der Waals surface area contributed by atoms with Crippen LogP contribution >= 0.6 is 0 Å². The number of aliphatic hydroxyl groups excluding tert-OH is 1. The van der Waals surface area contributed by atoms with Gasteiger partial charge in [-0.05, 0) is 47.9 Å². The van der Waals surface area contributed by atoms with Crippen molar-refractivity contribution < 1.29 is 33.3 Å². The van der Waals surface area contributed by atoms with Gasteiger partial charge in [-0.15, -0.1) is 0 Å². The van der Waals surface area contributed by atoms with Gasteiger partial charge in [-0.25, -0.2) is 8.78 Å². The van der Waals surface area contributed by atoms with Crippen LogP contribution in [-0.4, -0.2) is 69.6 Å². The quantitative estimate of drug-likeness (QED) is 0.232. The molecule has 3 N–H and O–H groups in total. The third kappa shape index (κ3) is 6.01. The smallest absolute Gasteiger partial charge is 0.306 e. The summed E-state index contributed by atoms with van der Waals surface area (Å²) in [5, 5.41) is 18.0. The molecule has 2 aliphatic rings. The molecule has 0 radical (unpaired) electrons. The van der Waals surface area contributed by atoms with Crippen molar-refractivity contribution in [3.05, 3.63) is 71.8 Å². The second-order valence-corrected chi connectivity index (χ2v) is 11.1. The number of aromatic nitrogens is 2. The molecular weight excluding hydrogens is 544 g/mol. The molecule has 3 aromatic carbocycles. The number of ether oxygens (including phenoxy) is 2. The lowest BCUT2D eigenvalue weighted by molar-refractivity contribution is -0.143. The summed E-state index contributed by atoms with van der Waals surface area (Å²) in [5.41, 5.74) is 3.56. The Hall–Kier alpha value is -3.86. The summed E-state index contributed by atoms with van der Waals surface area (Å²) in [6.07, 6.45) is 2.10. The molecule has 0 bridgehead atoms. The van der Waals surface area contributed by atoms with Crippen molar-refractivity contribution in [1.82, 2.24) is 14.9 Å². The van der Waals surface area contributed by atoms with E-state index in [0.29, 0.717) is 37.9 Å². The fourth-order valence-electron chi connectivity index (χ4n) is 5.83. The zero-order chi connectivity index (χ0) is 29.2. The zero-order valence-corrected chi connectivity index (χ0v) is 23.1. The van der Waals surface area contributed by atoms with Crippen molar-refractivity contribution in [3.63, 3.8) is 0 Å². The average molecular weight is 578 g/mol. The molecule has 220 valence electrons. The van der Waals surface area contributed by atoms with E-state index in [1.807, 2.05) is 24.3 Å². The van der Waals surface area contributed by atoms with Gasteiger partial charge in [-0.2, -0.15) is 4.98 Å². The van der Waals surface area contributed by atoms with E-state index in [0.717, 1.165) is 30.8 Å². The molecule has 1 saturated heterocycles. The van der Waals surface area contributed by atoms with Crippen LogP contribution in [0.3, 0.4) is 0 Å². The minimum Gasteiger partial charge on any atom is -0.481 e. The topological polar surface area (TPSA) is 108 Å². The molecule has 1 aliphatic heterocycles. The van der Waals surface area contributed by atoms with E-state index in [1.165, 1.54) is 11.6 Å². The van der Waals surface area contributed by atoms with Gasteiger partial charge in [-0.3, -0.25) is 9.69 Å². The molecule has 0 spiro atoms. The standard InChI is InChI=1S/C32H33F2N3O5/c33-26-15-27-30(36-32(35-27)42-24-11-9-23(10-12-24)31(39)40)29(34)28(26)22-7-5-21(6-8-22)20-3-1-19(2-4-20)16-37-17-25(18-37)41-14-13-38/h1-8,15,23-25,38H,9-14,16-18H2,(H,35,36)(H,39,40). The van der Waals surface area contributed by atoms with Crippen molar-refractivity contribution in [2.75, 3.05) is 26.3 Å². The molecule has 2 heterocycles. The SMILES string of the molecule is O=C(O)C1CCC(Oc2nc3c(F)c(-c4ccc(-c5ccc(CN6CC(OCCO)C6)cc5)cc4)c(F)cc3[nH]2)CC1. The Labute approximate surface area is 241 Å². The first-order valence-corrected chi connectivity index (χ1v) is 14.3. The highest BCUT2D eigenvalue weighted by molar-refractivity contribution is 5.84. The number of hydrogen-bond acceptors (Lipinski definition) is 6. The number of rotatable bonds is 10. The van der Waals surface area contributed by atoms with Crippen LogP contribution in [0.4, 0.5) is 8.78 Å². The first-order valence-electron chi connectivity index (χ1n) is 14.3. The molecule has 0 unspecified atom stereocenters. The predicted octanol–water partition coefficient (Wildman–Crippen LogP) is 5.39. The largest absolute Gasteiger partial charge is 0.481 e. The van der Waals surface area contributed by atoms with E-state index in [1.54, 1.807) is 12.1 Å². The number of carboxylic acids is 1. The van der Waals surface area contributed by atoms with Crippen LogP contribution in [0.5, 0.6) is 6.01 Å². The highest BCUT2D eigenvalue weighted by atomic mass is 19.1. The first-order chi connectivity index (χ1) is 20.4. The number of halogens is 2. The average Bonchev–Trinajstić information content (AvgIpc) is 3.37. The molecule has 6 rings (SSSR count). The Morgan fingerprint density at radius 1 is 0.952 bits per heavy atom. The Balaban J connectivity index is 1.12. The number of hydrogen-bond donors (Lipinski definition) is 3. The van der Waals surface area contributed by atoms with Gasteiger partial charge in [0, 0.05) is 25.7 Å². The minimum absolute atomic E-state index is 0.00577. The molecule has 2 fully saturated rings. The normalized spacial score (nSPS) is 19.6. The number of nitrogens with one attached hydrogen (secondary N) is 1. The first kappa shape index (κ1) is 28.3. The summed E-state index contributed by atoms with van der Waals surface area (Å²) in [4.78, 5) is 20.6. The summed E-state index contributed by atoms with van der Waals surface area (Å²) in [5.74, 6) is -2.64. The maximum absolute atomic E-state index is 15.6. The lowest BCUT2D eigenvalue weighted by Crippen LogP contribution is -2.51. The summed E-state index contributed by atoms with van der Waals surface area (Å²) in [6, 6.07) is 16.6. The van der Waals surface area contributed by atoms with Gasteiger partial charge in [0.25, 0.3) is 6.01 Å². The molecular formula is C32H33F2N3O5. The number of carboxylic acid groups (broad SMARTS) is 1. The Bertz CT molecular complexity index is 1540. The lowest BCUT2D eigenvalue weighted by Gasteiger charge is -2.38. The van der Waals surface area contributed by atoms with Crippen LogP contribution in [0.1, 0.15) is 31.2 Å². The molecule has 1 aromatic heterocycles. The van der Waals surface area contributed by atoms with Gasteiger partial charge in [0.1, 0.15) is 17.4 Å². The number of fused-ring (bicyclic) bond motifs is 1. The van der Waals surface area contributed by atoms with Crippen LogP contribution in [0.15, 0.2) is 54.6 Å². The Morgan fingerprint density at radius 3 is 2.24 bits per heavy atom. The van der Waals surface area contributed by atoms with Crippen LogP contribution in [0.25, 0.3) is 33.3 Å². The van der Waals surface area contributed by atoms with Gasteiger partial charge in [0.2, 0.25) is 0 Å². The second kappa shape index (κ2) is 12.2. The number of nitrogens with zero attached hydrogens (tertiary/aromatic N) is 2. The minimum atomic E-state index is -0.799. The van der Waals surface area contributed by atoms with E-state index in [4.69, 9.17) is 14.6 Å². The molecule has 1 saturated carbocycles. The van der Waals surface area contributed by atoms with Crippen molar-refractivity contribution >= 4 is 17.0 Å². The van der Waals surface area contributed by atoms with Crippen molar-refractivity contribution in [2.45, 2.75) is 44.4 Å². The zero-order valence-electron chi connectivity index (χ0n) is 23.1. The van der Waals surface area contributed by atoms with E-state index in [9.17, 15) is 9.90 Å². The lowest BCUT2D eigenvalue weighted by atomic mass is 9.87. The number of likely N-dealkylation sites (tertiary alicyclic amines) is 1. The van der Waals surface area contributed by atoms with Gasteiger partial charge < -0.3 is 24.7 Å². The highest BCUT2D eigenvalue weighted by Crippen LogP contribution is 2.34. The maximum atomic E-state index is 15.6. The van der Waals surface area contributed by atoms with E-state index < -0.39 is 17.6 Å². The van der Waals surface area contributed by atoms with Gasteiger partial charge in [-0.1, -0.05) is 48.5 Å². The summed E-state index contributed by atoms with van der Waals surface area (Å²) < 4.78 is 42.1. The number of H-pyrrole nitrogens is 1. The molecule has 0 amide bonds. The summed E-state index contributed by atoms with van der Waals surface area (Å²) in [7, 11) is 0. The Kier molecular flexibility index (Phi) is 8.19. The Morgan fingerprint density at radius 2 is 1.60 bits per heavy atom. The van der Waals surface area contributed by atoms with E-state index >= 15 is 8.78 Å². The van der Waals surface area contributed by atoms with E-state index in [-0.39, 0.29) is 47.3 Å². The van der Waals surface area contributed by atoms with Crippen molar-refractivity contribution in [2.24, 2.45) is 5.92 Å². The number of aromatic amines is 1. The van der Waals surface area contributed by atoms with Crippen molar-refractivity contribution in [3.8, 4) is 28.3 Å². The van der Waals surface area contributed by atoms with Crippen LogP contribution in [0, 0.1) is 17.6 Å². The fourth-order valence-corrected chi connectivity index (χ4v) is 5.83. The molecule has 10 heteroatoms. The number of aliphatic carboxylic acids is 1. The highest BCUT2D eigenvalue weighted by Gasteiger charge is 2.29. The third-order valence-corrected chi connectivity index (χ3v) is 8.18. The van der Waals surface area contributed by atoms with Crippen molar-refractivity contribution in [1.29, 1.82) is 0 Å². The number of carbonyl (C=O) groups is 1. The number of imidazole rings is 1. The molecule has 42 heavy (non-hydrogen) atoms. The number of benzene rings is 3. The maximum Gasteiger partial charge on any atom is 0.306 e. The van der Waals surface area contributed by atoms with E-state index in [2.05, 4.69) is 27.0 Å². The van der Waals surface area contributed by atoms with Gasteiger partial charge >= 0.3 is 5.97 Å². The summed E-state index contributed by atoms with van der Waals surface area (Å²) >= 11 is 0. The molecule has 8 nitrogen and oxygen atoms in total. The van der Waals surface area contributed by atoms with Crippen LogP contribution in [-0.2, 0) is 16.1 Å².